The Morgan fingerprint density at radius 2 is 2.19 bits per heavy atom. The predicted molar refractivity (Wildman–Crippen MR) is 88.5 cm³/mol. The maximum Gasteiger partial charge on any atom is 0.230 e. The largest absolute Gasteiger partial charge is 0.460 e. The van der Waals surface area contributed by atoms with Crippen molar-refractivity contribution in [3.05, 3.63) is 56.9 Å². The van der Waals surface area contributed by atoms with E-state index in [1.54, 1.807) is 11.3 Å². The summed E-state index contributed by atoms with van der Waals surface area (Å²) in [6, 6.07) is 11.7. The van der Waals surface area contributed by atoms with Gasteiger partial charge in [-0.3, -0.25) is 4.79 Å². The second-order valence-corrected chi connectivity index (χ2v) is 7.08. The maximum absolute atomic E-state index is 12.2. The Kier molecular flexibility index (Phi) is 4.12. The van der Waals surface area contributed by atoms with E-state index >= 15 is 0 Å². The second-order valence-electron chi connectivity index (χ2n) is 4.85. The summed E-state index contributed by atoms with van der Waals surface area (Å²) in [6.45, 7) is 2.38. The molecular formula is C16H14BrNO2S. The highest BCUT2D eigenvalue weighted by molar-refractivity contribution is 9.11. The van der Waals surface area contributed by atoms with Gasteiger partial charge in [0.1, 0.15) is 11.3 Å². The monoisotopic (exact) mass is 363 g/mol. The van der Waals surface area contributed by atoms with E-state index in [1.165, 1.54) is 0 Å². The first-order valence-electron chi connectivity index (χ1n) is 6.63. The number of carbonyl (C=O) groups excluding carboxylic acids is 1. The minimum Gasteiger partial charge on any atom is -0.460 e. The molecule has 3 rings (SSSR count). The third kappa shape index (κ3) is 3.04. The fraction of sp³-hybridized carbons (Fsp3) is 0.188. The van der Waals surface area contributed by atoms with Crippen molar-refractivity contribution >= 4 is 44.1 Å². The van der Waals surface area contributed by atoms with Gasteiger partial charge in [0, 0.05) is 11.9 Å². The number of fused-ring (bicyclic) bond motifs is 1. The van der Waals surface area contributed by atoms with E-state index in [9.17, 15) is 4.79 Å². The van der Waals surface area contributed by atoms with Crippen LogP contribution in [0.25, 0.3) is 11.0 Å². The molecule has 0 bridgehead atoms. The van der Waals surface area contributed by atoms with Crippen molar-refractivity contribution in [2.24, 2.45) is 0 Å². The second kappa shape index (κ2) is 6.03. The Hall–Kier alpha value is -1.59. The Morgan fingerprint density at radius 3 is 2.90 bits per heavy atom. The van der Waals surface area contributed by atoms with E-state index < -0.39 is 0 Å². The summed E-state index contributed by atoms with van der Waals surface area (Å²) in [4.78, 5) is 12.2. The molecule has 0 fully saturated rings. The Labute approximate surface area is 135 Å². The molecule has 0 aliphatic heterocycles. The summed E-state index contributed by atoms with van der Waals surface area (Å²) >= 11 is 5.08. The first-order chi connectivity index (χ1) is 10.1. The summed E-state index contributed by atoms with van der Waals surface area (Å²) < 4.78 is 6.80. The number of rotatable bonds is 4. The van der Waals surface area contributed by atoms with Crippen LogP contribution in [0.15, 0.2) is 50.0 Å². The van der Waals surface area contributed by atoms with Crippen LogP contribution >= 0.6 is 27.3 Å². The molecule has 1 atom stereocenters. The number of furan rings is 1. The third-order valence-corrected chi connectivity index (χ3v) is 5.22. The quantitative estimate of drug-likeness (QED) is 0.731. The average Bonchev–Trinajstić information content (AvgIpc) is 3.09. The lowest BCUT2D eigenvalue weighted by atomic mass is 10.1. The van der Waals surface area contributed by atoms with Gasteiger partial charge in [-0.05, 0) is 52.0 Å². The van der Waals surface area contributed by atoms with Gasteiger partial charge in [0.2, 0.25) is 5.91 Å². The van der Waals surface area contributed by atoms with Gasteiger partial charge in [-0.1, -0.05) is 18.2 Å². The lowest BCUT2D eigenvalue weighted by Gasteiger charge is -2.09. The molecule has 2 aromatic heterocycles. The first kappa shape index (κ1) is 14.4. The summed E-state index contributed by atoms with van der Waals surface area (Å²) in [5, 5.41) is 5.96. The molecule has 0 aliphatic carbocycles. The minimum atomic E-state index is -0.310. The summed E-state index contributed by atoms with van der Waals surface area (Å²) in [7, 11) is 0. The number of carbonyl (C=O) groups is 1. The zero-order chi connectivity index (χ0) is 14.8. The van der Waals surface area contributed by atoms with E-state index in [1.807, 2.05) is 48.7 Å². The van der Waals surface area contributed by atoms with Crippen LogP contribution in [-0.2, 0) is 11.3 Å². The standard InChI is InChI=1S/C16H14BrNO2S/c1-10(14-8-11-4-2-3-5-13(11)20-14)16(19)18-9-12-6-7-21-15(12)17/h2-8,10H,9H2,1H3,(H,18,19)/t10-/m0/s1. The normalized spacial score (nSPS) is 12.5. The van der Waals surface area contributed by atoms with E-state index in [4.69, 9.17) is 4.42 Å². The van der Waals surface area contributed by atoms with Crippen molar-refractivity contribution in [1.29, 1.82) is 0 Å². The number of para-hydroxylation sites is 1. The third-order valence-electron chi connectivity index (χ3n) is 3.41. The molecule has 0 unspecified atom stereocenters. The van der Waals surface area contributed by atoms with Gasteiger partial charge >= 0.3 is 0 Å². The lowest BCUT2D eigenvalue weighted by molar-refractivity contribution is -0.122. The van der Waals surface area contributed by atoms with Crippen molar-refractivity contribution in [2.75, 3.05) is 0 Å². The molecule has 3 aromatic rings. The van der Waals surface area contributed by atoms with E-state index in [0.717, 1.165) is 20.3 Å². The van der Waals surface area contributed by atoms with Crippen LogP contribution in [0, 0.1) is 0 Å². The SMILES string of the molecule is C[C@H](C(=O)NCc1ccsc1Br)c1cc2ccccc2o1. The van der Waals surface area contributed by atoms with Gasteiger partial charge in [0.15, 0.2) is 0 Å². The smallest absolute Gasteiger partial charge is 0.230 e. The molecule has 3 nitrogen and oxygen atoms in total. The van der Waals surface area contributed by atoms with E-state index in [2.05, 4.69) is 21.2 Å². The number of thiophene rings is 1. The summed E-state index contributed by atoms with van der Waals surface area (Å²) in [5.41, 5.74) is 1.90. The van der Waals surface area contributed by atoms with Crippen molar-refractivity contribution in [3.63, 3.8) is 0 Å². The highest BCUT2D eigenvalue weighted by atomic mass is 79.9. The number of nitrogens with one attached hydrogen (secondary N) is 1. The van der Waals surface area contributed by atoms with Crippen molar-refractivity contribution < 1.29 is 9.21 Å². The molecule has 0 spiro atoms. The number of amides is 1. The molecule has 2 heterocycles. The van der Waals surface area contributed by atoms with E-state index in [-0.39, 0.29) is 11.8 Å². The number of benzene rings is 1. The molecule has 1 aromatic carbocycles. The molecule has 0 saturated carbocycles. The summed E-state index contributed by atoms with van der Waals surface area (Å²) in [6.07, 6.45) is 0. The highest BCUT2D eigenvalue weighted by Gasteiger charge is 2.19. The van der Waals surface area contributed by atoms with Gasteiger partial charge in [-0.15, -0.1) is 11.3 Å². The Balaban J connectivity index is 1.70. The van der Waals surface area contributed by atoms with Gasteiger partial charge in [0.05, 0.1) is 9.70 Å². The van der Waals surface area contributed by atoms with E-state index in [0.29, 0.717) is 12.3 Å². The lowest BCUT2D eigenvalue weighted by Crippen LogP contribution is -2.27. The topological polar surface area (TPSA) is 42.2 Å². The summed E-state index contributed by atoms with van der Waals surface area (Å²) in [5.74, 6) is 0.347. The molecule has 0 aliphatic rings. The van der Waals surface area contributed by atoms with Crippen molar-refractivity contribution in [3.8, 4) is 0 Å². The molecular weight excluding hydrogens is 350 g/mol. The zero-order valence-electron chi connectivity index (χ0n) is 11.4. The molecule has 0 saturated heterocycles. The van der Waals surface area contributed by atoms with Crippen molar-refractivity contribution in [2.45, 2.75) is 19.4 Å². The molecule has 1 N–H and O–H groups in total. The van der Waals surface area contributed by atoms with Gasteiger partial charge in [0.25, 0.3) is 0 Å². The van der Waals surface area contributed by atoms with Crippen molar-refractivity contribution in [1.82, 2.24) is 5.32 Å². The number of hydrogen-bond donors (Lipinski definition) is 1. The van der Waals surface area contributed by atoms with Gasteiger partial charge in [-0.25, -0.2) is 0 Å². The van der Waals surface area contributed by atoms with Gasteiger partial charge in [-0.2, -0.15) is 0 Å². The zero-order valence-corrected chi connectivity index (χ0v) is 13.8. The van der Waals surface area contributed by atoms with Crippen LogP contribution in [0.1, 0.15) is 24.2 Å². The molecule has 21 heavy (non-hydrogen) atoms. The van der Waals surface area contributed by atoms with Gasteiger partial charge < -0.3 is 9.73 Å². The number of halogens is 1. The van der Waals surface area contributed by atoms with Crippen LogP contribution < -0.4 is 5.32 Å². The Morgan fingerprint density at radius 1 is 1.38 bits per heavy atom. The minimum absolute atomic E-state index is 0.0350. The Bertz CT molecular complexity index is 744. The average molecular weight is 364 g/mol. The molecule has 5 heteroatoms. The van der Waals surface area contributed by atoms with Crippen LogP contribution in [0.3, 0.4) is 0 Å². The van der Waals surface area contributed by atoms with Crippen LogP contribution in [-0.4, -0.2) is 5.91 Å². The first-order valence-corrected chi connectivity index (χ1v) is 8.30. The maximum atomic E-state index is 12.2. The van der Waals surface area contributed by atoms with Crippen LogP contribution in [0.4, 0.5) is 0 Å². The van der Waals surface area contributed by atoms with Crippen LogP contribution in [0.2, 0.25) is 0 Å². The number of hydrogen-bond acceptors (Lipinski definition) is 3. The molecule has 1 amide bonds. The van der Waals surface area contributed by atoms with Crippen LogP contribution in [0.5, 0.6) is 0 Å². The predicted octanol–water partition coefficient (Wildman–Crippen LogP) is 4.68. The fourth-order valence-electron chi connectivity index (χ4n) is 2.13. The highest BCUT2D eigenvalue weighted by Crippen LogP contribution is 2.26. The molecule has 0 radical (unpaired) electrons. The molecule has 108 valence electrons. The fourth-order valence-corrected chi connectivity index (χ4v) is 3.37.